The van der Waals surface area contributed by atoms with Crippen LogP contribution < -0.4 is 10.6 Å². The normalized spacial score (nSPS) is 12.2. The summed E-state index contributed by atoms with van der Waals surface area (Å²) < 4.78 is 37.9. The minimum Gasteiger partial charge on any atom is -0.357 e. The first-order valence-electron chi connectivity index (χ1n) is 8.94. The second-order valence-corrected chi connectivity index (χ2v) is 6.97. The van der Waals surface area contributed by atoms with E-state index in [0.29, 0.717) is 42.8 Å². The number of benzene rings is 1. The van der Waals surface area contributed by atoms with Gasteiger partial charge in [0.25, 0.3) is 0 Å². The fraction of sp³-hybridized carbons (Fsp3) is 0.333. The molecule has 7 nitrogen and oxygen atoms in total. The van der Waals surface area contributed by atoms with Crippen molar-refractivity contribution in [2.24, 2.45) is 4.99 Å². The number of thiazole rings is 1. The molecule has 0 atom stereocenters. The van der Waals surface area contributed by atoms with Gasteiger partial charge in [0, 0.05) is 30.5 Å². The summed E-state index contributed by atoms with van der Waals surface area (Å²) in [7, 11) is 0. The van der Waals surface area contributed by atoms with E-state index in [4.69, 9.17) is 0 Å². The van der Waals surface area contributed by atoms with Crippen LogP contribution in [0.2, 0.25) is 0 Å². The number of aromatic amines is 1. The predicted octanol–water partition coefficient (Wildman–Crippen LogP) is 3.24. The number of halogens is 3. The minimum atomic E-state index is -4.40. The van der Waals surface area contributed by atoms with Gasteiger partial charge in [0.05, 0.1) is 11.6 Å². The molecule has 0 saturated carbocycles. The Labute approximate surface area is 169 Å². The molecular weight excluding hydrogens is 403 g/mol. The fourth-order valence-corrected chi connectivity index (χ4v) is 3.32. The molecule has 2 aromatic heterocycles. The SMILES string of the molecule is CCNC(=NCc1cccc(-c2ncn[nH]2)c1)NCCc1nc(C(F)(F)F)cs1. The molecule has 2 heterocycles. The maximum atomic E-state index is 12.6. The van der Waals surface area contributed by atoms with Crippen molar-refractivity contribution in [2.75, 3.05) is 13.1 Å². The Balaban J connectivity index is 1.57. The van der Waals surface area contributed by atoms with E-state index in [-0.39, 0.29) is 0 Å². The van der Waals surface area contributed by atoms with Gasteiger partial charge < -0.3 is 10.6 Å². The van der Waals surface area contributed by atoms with Crippen LogP contribution in [0, 0.1) is 0 Å². The zero-order chi connectivity index (χ0) is 20.7. The highest BCUT2D eigenvalue weighted by Crippen LogP contribution is 2.30. The quantitative estimate of drug-likeness (QED) is 0.401. The summed E-state index contributed by atoms with van der Waals surface area (Å²) in [4.78, 5) is 12.3. The molecule has 3 N–H and O–H groups in total. The van der Waals surface area contributed by atoms with Crippen LogP contribution in [0.1, 0.15) is 23.2 Å². The summed E-state index contributed by atoms with van der Waals surface area (Å²) in [5, 5.41) is 14.4. The first-order valence-corrected chi connectivity index (χ1v) is 9.82. The molecule has 3 aromatic rings. The first-order chi connectivity index (χ1) is 14.0. The molecule has 0 aliphatic rings. The summed E-state index contributed by atoms with van der Waals surface area (Å²) in [5.41, 5.74) is 1.06. The Kier molecular flexibility index (Phi) is 6.81. The summed E-state index contributed by atoms with van der Waals surface area (Å²) in [6, 6.07) is 7.78. The molecular formula is C18H20F3N7S. The maximum absolute atomic E-state index is 12.6. The number of hydrogen-bond donors (Lipinski definition) is 3. The number of aromatic nitrogens is 4. The zero-order valence-electron chi connectivity index (χ0n) is 15.6. The Bertz CT molecular complexity index is 935. The molecule has 0 fully saturated rings. The number of rotatable bonds is 7. The van der Waals surface area contributed by atoms with Crippen molar-refractivity contribution in [2.45, 2.75) is 26.1 Å². The third kappa shape index (κ3) is 6.01. The van der Waals surface area contributed by atoms with Crippen LogP contribution in [-0.4, -0.2) is 39.2 Å². The van der Waals surface area contributed by atoms with E-state index in [1.165, 1.54) is 6.33 Å². The largest absolute Gasteiger partial charge is 0.434 e. The van der Waals surface area contributed by atoms with Crippen molar-refractivity contribution in [1.29, 1.82) is 0 Å². The van der Waals surface area contributed by atoms with Crippen molar-refractivity contribution < 1.29 is 13.2 Å². The second kappa shape index (κ2) is 9.50. The molecule has 11 heteroatoms. The van der Waals surface area contributed by atoms with Gasteiger partial charge in [0.15, 0.2) is 17.5 Å². The first kappa shape index (κ1) is 20.8. The van der Waals surface area contributed by atoms with Gasteiger partial charge in [-0.15, -0.1) is 11.3 Å². The Morgan fingerprint density at radius 2 is 2.14 bits per heavy atom. The molecule has 29 heavy (non-hydrogen) atoms. The fourth-order valence-electron chi connectivity index (χ4n) is 2.52. The van der Waals surface area contributed by atoms with Crippen LogP contribution in [0.5, 0.6) is 0 Å². The lowest BCUT2D eigenvalue weighted by Gasteiger charge is -2.11. The average molecular weight is 423 g/mol. The molecule has 0 unspecified atom stereocenters. The zero-order valence-corrected chi connectivity index (χ0v) is 16.4. The molecule has 154 valence electrons. The molecule has 0 saturated heterocycles. The minimum absolute atomic E-state index is 0.381. The number of aliphatic imine (C=N–C) groups is 1. The highest BCUT2D eigenvalue weighted by atomic mass is 32.1. The summed E-state index contributed by atoms with van der Waals surface area (Å²) in [6.45, 7) is 3.47. The Morgan fingerprint density at radius 1 is 1.28 bits per heavy atom. The number of nitrogens with one attached hydrogen (secondary N) is 3. The lowest BCUT2D eigenvalue weighted by molar-refractivity contribution is -0.140. The van der Waals surface area contributed by atoms with E-state index in [0.717, 1.165) is 27.8 Å². The van der Waals surface area contributed by atoms with Crippen LogP contribution in [0.3, 0.4) is 0 Å². The Morgan fingerprint density at radius 3 is 2.83 bits per heavy atom. The van der Waals surface area contributed by atoms with Crippen LogP contribution in [-0.2, 0) is 19.1 Å². The maximum Gasteiger partial charge on any atom is 0.434 e. The van der Waals surface area contributed by atoms with E-state index in [2.05, 4.69) is 35.8 Å². The van der Waals surface area contributed by atoms with Gasteiger partial charge in [-0.1, -0.05) is 18.2 Å². The third-order valence-electron chi connectivity index (χ3n) is 3.85. The molecule has 0 amide bonds. The average Bonchev–Trinajstić information content (AvgIpc) is 3.38. The standard InChI is InChI=1S/C18H20F3N7S/c1-2-22-17(23-7-6-15-27-14(10-29-15)18(19,20)21)24-9-12-4-3-5-13(8-12)16-25-11-26-28-16/h3-5,8,10-11H,2,6-7,9H2,1H3,(H2,22,23,24)(H,25,26,28). The van der Waals surface area contributed by atoms with E-state index >= 15 is 0 Å². The smallest absolute Gasteiger partial charge is 0.357 e. The van der Waals surface area contributed by atoms with Gasteiger partial charge in [-0.3, -0.25) is 5.10 Å². The van der Waals surface area contributed by atoms with E-state index < -0.39 is 11.9 Å². The number of H-pyrrole nitrogens is 1. The van der Waals surface area contributed by atoms with Crippen molar-refractivity contribution in [1.82, 2.24) is 30.8 Å². The van der Waals surface area contributed by atoms with Gasteiger partial charge in [-0.05, 0) is 18.6 Å². The molecule has 0 spiro atoms. The Hall–Kier alpha value is -2.95. The van der Waals surface area contributed by atoms with Crippen molar-refractivity contribution in [3.63, 3.8) is 0 Å². The van der Waals surface area contributed by atoms with Gasteiger partial charge in [0.1, 0.15) is 6.33 Å². The monoisotopic (exact) mass is 423 g/mol. The van der Waals surface area contributed by atoms with Gasteiger partial charge in [-0.25, -0.2) is 15.0 Å². The van der Waals surface area contributed by atoms with Crippen molar-refractivity contribution in [3.05, 3.63) is 52.2 Å². The number of nitrogens with zero attached hydrogens (tertiary/aromatic N) is 4. The lowest BCUT2D eigenvalue weighted by Crippen LogP contribution is -2.38. The topological polar surface area (TPSA) is 90.9 Å². The van der Waals surface area contributed by atoms with Crippen LogP contribution in [0.25, 0.3) is 11.4 Å². The summed E-state index contributed by atoms with van der Waals surface area (Å²) in [6.07, 6.45) is -2.57. The van der Waals surface area contributed by atoms with E-state index in [1.807, 2.05) is 31.2 Å². The molecule has 3 rings (SSSR count). The number of alkyl halides is 3. The second-order valence-electron chi connectivity index (χ2n) is 6.03. The van der Waals surface area contributed by atoms with Crippen molar-refractivity contribution in [3.8, 4) is 11.4 Å². The molecule has 0 radical (unpaired) electrons. The molecule has 0 aliphatic heterocycles. The molecule has 0 bridgehead atoms. The van der Waals surface area contributed by atoms with Crippen LogP contribution in [0.15, 0.2) is 41.0 Å². The van der Waals surface area contributed by atoms with Gasteiger partial charge in [-0.2, -0.15) is 18.3 Å². The molecule has 1 aromatic carbocycles. The summed E-state index contributed by atoms with van der Waals surface area (Å²) >= 11 is 1.01. The summed E-state index contributed by atoms with van der Waals surface area (Å²) in [5.74, 6) is 1.27. The lowest BCUT2D eigenvalue weighted by atomic mass is 10.1. The van der Waals surface area contributed by atoms with Gasteiger partial charge in [0.2, 0.25) is 0 Å². The highest BCUT2D eigenvalue weighted by molar-refractivity contribution is 7.09. The van der Waals surface area contributed by atoms with Crippen LogP contribution in [0.4, 0.5) is 13.2 Å². The number of hydrogen-bond acceptors (Lipinski definition) is 5. The third-order valence-corrected chi connectivity index (χ3v) is 4.76. The highest BCUT2D eigenvalue weighted by Gasteiger charge is 2.33. The van der Waals surface area contributed by atoms with E-state index in [1.54, 1.807) is 0 Å². The van der Waals surface area contributed by atoms with Gasteiger partial charge >= 0.3 is 6.18 Å². The van der Waals surface area contributed by atoms with E-state index in [9.17, 15) is 13.2 Å². The molecule has 0 aliphatic carbocycles. The predicted molar refractivity (Wildman–Crippen MR) is 105 cm³/mol. The number of guanidine groups is 1. The van der Waals surface area contributed by atoms with Crippen LogP contribution >= 0.6 is 11.3 Å². The van der Waals surface area contributed by atoms with Crippen molar-refractivity contribution >= 4 is 17.3 Å².